The Balaban J connectivity index is 1.63. The number of methoxy groups -OCH3 is 1. The first-order valence-electron chi connectivity index (χ1n) is 7.55. The lowest BCUT2D eigenvalue weighted by atomic mass is 10.1. The summed E-state index contributed by atoms with van der Waals surface area (Å²) in [6.07, 6.45) is 1.10. The summed E-state index contributed by atoms with van der Waals surface area (Å²) in [6, 6.07) is 14.8. The summed E-state index contributed by atoms with van der Waals surface area (Å²) < 4.78 is 10.7. The summed E-state index contributed by atoms with van der Waals surface area (Å²) in [7, 11) is 1.62. The van der Waals surface area contributed by atoms with Crippen molar-refractivity contribution < 1.29 is 14.3 Å². The molecule has 0 aromatic heterocycles. The molecule has 3 N–H and O–H groups in total. The number of carbonyl (C=O) groups is 1. The van der Waals surface area contributed by atoms with Crippen LogP contribution in [0.25, 0.3) is 0 Å². The molecular weight excluding hydrogens is 292 g/mol. The highest BCUT2D eigenvalue weighted by Crippen LogP contribution is 2.18. The van der Waals surface area contributed by atoms with E-state index in [-0.39, 0.29) is 5.91 Å². The fourth-order valence-electron chi connectivity index (χ4n) is 2.06. The van der Waals surface area contributed by atoms with E-state index in [0.717, 1.165) is 23.5 Å². The lowest BCUT2D eigenvalue weighted by Gasteiger charge is -2.08. The van der Waals surface area contributed by atoms with Crippen LogP contribution in [0.4, 0.5) is 5.69 Å². The average molecular weight is 314 g/mol. The van der Waals surface area contributed by atoms with Crippen molar-refractivity contribution in [2.24, 2.45) is 0 Å². The molecule has 0 saturated heterocycles. The monoisotopic (exact) mass is 314 g/mol. The van der Waals surface area contributed by atoms with E-state index >= 15 is 0 Å². The largest absolute Gasteiger partial charge is 0.497 e. The van der Waals surface area contributed by atoms with Crippen LogP contribution in [0, 0.1) is 0 Å². The van der Waals surface area contributed by atoms with Gasteiger partial charge in [0.15, 0.2) is 0 Å². The van der Waals surface area contributed by atoms with Gasteiger partial charge in [-0.1, -0.05) is 18.2 Å². The van der Waals surface area contributed by atoms with E-state index in [1.54, 1.807) is 19.2 Å². The molecule has 122 valence electrons. The number of nitrogens with two attached hydrogens (primary N) is 1. The normalized spacial score (nSPS) is 10.1. The Labute approximate surface area is 136 Å². The number of nitrogen functional groups attached to an aromatic ring is 1. The maximum Gasteiger partial charge on any atom is 0.224 e. The van der Waals surface area contributed by atoms with Gasteiger partial charge in [0.05, 0.1) is 20.1 Å². The van der Waals surface area contributed by atoms with Gasteiger partial charge in [0, 0.05) is 18.3 Å². The predicted octanol–water partition coefficient (Wildman–Crippen LogP) is 2.41. The Morgan fingerprint density at radius 1 is 1.13 bits per heavy atom. The maximum atomic E-state index is 11.8. The fourth-order valence-corrected chi connectivity index (χ4v) is 2.06. The van der Waals surface area contributed by atoms with Crippen molar-refractivity contribution in [3.63, 3.8) is 0 Å². The van der Waals surface area contributed by atoms with Crippen molar-refractivity contribution in [1.29, 1.82) is 0 Å². The Kier molecular flexibility index (Phi) is 6.29. The van der Waals surface area contributed by atoms with Gasteiger partial charge in [-0.05, 0) is 36.2 Å². The molecule has 0 spiro atoms. The third-order valence-corrected chi connectivity index (χ3v) is 3.30. The van der Waals surface area contributed by atoms with Crippen molar-refractivity contribution in [1.82, 2.24) is 5.32 Å². The molecule has 0 unspecified atom stereocenters. The lowest BCUT2D eigenvalue weighted by Crippen LogP contribution is -2.27. The van der Waals surface area contributed by atoms with Gasteiger partial charge >= 0.3 is 0 Å². The highest BCUT2D eigenvalue weighted by molar-refractivity contribution is 5.78. The average Bonchev–Trinajstić information content (AvgIpc) is 2.57. The minimum atomic E-state index is -0.00356. The van der Waals surface area contributed by atoms with Crippen LogP contribution in [-0.4, -0.2) is 26.2 Å². The quantitative estimate of drug-likeness (QED) is 0.580. The zero-order valence-electron chi connectivity index (χ0n) is 13.2. The molecule has 0 bridgehead atoms. The summed E-state index contributed by atoms with van der Waals surface area (Å²) in [5.74, 6) is 1.52. The number of hydrogen-bond acceptors (Lipinski definition) is 4. The van der Waals surface area contributed by atoms with Crippen LogP contribution in [0.1, 0.15) is 12.0 Å². The number of nitrogens with one attached hydrogen (secondary N) is 1. The van der Waals surface area contributed by atoms with Crippen molar-refractivity contribution in [2.45, 2.75) is 12.8 Å². The Morgan fingerprint density at radius 3 is 2.61 bits per heavy atom. The Hall–Kier alpha value is -2.69. The number of carbonyl (C=O) groups excluding carboxylic acids is 1. The Morgan fingerprint density at radius 2 is 1.87 bits per heavy atom. The van der Waals surface area contributed by atoms with Crippen molar-refractivity contribution in [2.75, 3.05) is 26.0 Å². The molecule has 0 saturated carbocycles. The van der Waals surface area contributed by atoms with Crippen LogP contribution in [0.15, 0.2) is 48.5 Å². The summed E-state index contributed by atoms with van der Waals surface area (Å²) in [5.41, 5.74) is 7.26. The molecule has 2 aromatic carbocycles. The second-order valence-corrected chi connectivity index (χ2v) is 5.15. The van der Waals surface area contributed by atoms with Gasteiger partial charge in [0.1, 0.15) is 11.5 Å². The highest BCUT2D eigenvalue weighted by atomic mass is 16.5. The molecule has 2 aromatic rings. The molecule has 0 radical (unpaired) electrons. The molecular formula is C18H22N2O3. The summed E-state index contributed by atoms with van der Waals surface area (Å²) in [6.45, 7) is 1.12. The van der Waals surface area contributed by atoms with Gasteiger partial charge in [-0.2, -0.15) is 0 Å². The number of anilines is 1. The molecule has 0 fully saturated rings. The van der Waals surface area contributed by atoms with Crippen LogP contribution in [0.5, 0.6) is 11.5 Å². The standard InChI is InChI=1S/C18H22N2O3/c1-22-16-4-2-5-17(13-16)23-11-3-10-20-18(21)12-14-6-8-15(19)9-7-14/h2,4-9,13H,3,10-12,19H2,1H3,(H,20,21). The third-order valence-electron chi connectivity index (χ3n) is 3.30. The van der Waals surface area contributed by atoms with Gasteiger partial charge < -0.3 is 20.5 Å². The summed E-state index contributed by atoms with van der Waals surface area (Å²) >= 11 is 0. The zero-order chi connectivity index (χ0) is 16.5. The number of benzene rings is 2. The smallest absolute Gasteiger partial charge is 0.224 e. The number of rotatable bonds is 8. The number of hydrogen-bond donors (Lipinski definition) is 2. The maximum absolute atomic E-state index is 11.8. The van der Waals surface area contributed by atoms with Crippen molar-refractivity contribution in [3.05, 3.63) is 54.1 Å². The zero-order valence-corrected chi connectivity index (χ0v) is 13.2. The number of ether oxygens (including phenoxy) is 2. The highest BCUT2D eigenvalue weighted by Gasteiger charge is 2.03. The van der Waals surface area contributed by atoms with E-state index < -0.39 is 0 Å². The minimum Gasteiger partial charge on any atom is -0.497 e. The minimum absolute atomic E-state index is 0.00356. The van der Waals surface area contributed by atoms with Gasteiger partial charge in [0.2, 0.25) is 5.91 Å². The molecule has 0 atom stereocenters. The Bertz CT molecular complexity index is 626. The van der Waals surface area contributed by atoms with Crippen LogP contribution in [-0.2, 0) is 11.2 Å². The number of amides is 1. The molecule has 2 rings (SSSR count). The van der Waals surface area contributed by atoms with E-state index in [9.17, 15) is 4.79 Å². The second-order valence-electron chi connectivity index (χ2n) is 5.15. The topological polar surface area (TPSA) is 73.6 Å². The van der Waals surface area contributed by atoms with Crippen molar-refractivity contribution >= 4 is 11.6 Å². The van der Waals surface area contributed by atoms with Gasteiger partial charge in [0.25, 0.3) is 0 Å². The lowest BCUT2D eigenvalue weighted by molar-refractivity contribution is -0.120. The van der Waals surface area contributed by atoms with Crippen LogP contribution in [0.3, 0.4) is 0 Å². The van der Waals surface area contributed by atoms with Gasteiger partial charge in [-0.3, -0.25) is 4.79 Å². The van der Waals surface area contributed by atoms with Crippen molar-refractivity contribution in [3.8, 4) is 11.5 Å². The molecule has 23 heavy (non-hydrogen) atoms. The molecule has 5 nitrogen and oxygen atoms in total. The SMILES string of the molecule is COc1cccc(OCCCNC(=O)Cc2ccc(N)cc2)c1. The molecule has 0 aliphatic carbocycles. The van der Waals surface area contributed by atoms with E-state index in [4.69, 9.17) is 15.2 Å². The first-order chi connectivity index (χ1) is 11.2. The van der Waals surface area contributed by atoms with E-state index in [2.05, 4.69) is 5.32 Å². The van der Waals surface area contributed by atoms with E-state index in [1.807, 2.05) is 36.4 Å². The van der Waals surface area contributed by atoms with Crippen LogP contribution >= 0.6 is 0 Å². The fraction of sp³-hybridized carbons (Fsp3) is 0.278. The first-order valence-corrected chi connectivity index (χ1v) is 7.55. The molecule has 0 aliphatic heterocycles. The second kappa shape index (κ2) is 8.68. The van der Waals surface area contributed by atoms with E-state index in [0.29, 0.717) is 25.3 Å². The summed E-state index contributed by atoms with van der Waals surface area (Å²) in [5, 5.41) is 2.88. The van der Waals surface area contributed by atoms with E-state index in [1.165, 1.54) is 0 Å². The van der Waals surface area contributed by atoms with Crippen LogP contribution < -0.4 is 20.5 Å². The summed E-state index contributed by atoms with van der Waals surface area (Å²) in [4.78, 5) is 11.8. The molecule has 0 aliphatic rings. The van der Waals surface area contributed by atoms with Gasteiger partial charge in [-0.25, -0.2) is 0 Å². The van der Waals surface area contributed by atoms with Crippen LogP contribution in [0.2, 0.25) is 0 Å². The first kappa shape index (κ1) is 16.7. The van der Waals surface area contributed by atoms with Gasteiger partial charge in [-0.15, -0.1) is 0 Å². The molecule has 5 heteroatoms. The third kappa shape index (κ3) is 5.90. The predicted molar refractivity (Wildman–Crippen MR) is 90.7 cm³/mol. The molecule has 0 heterocycles. The molecule has 1 amide bonds.